The van der Waals surface area contributed by atoms with E-state index in [0.29, 0.717) is 24.3 Å². The van der Waals surface area contributed by atoms with E-state index in [1.165, 1.54) is 16.4 Å². The quantitative estimate of drug-likeness (QED) is 0.470. The number of carbonyl (C=O) groups excluding carboxylic acids is 1. The maximum Gasteiger partial charge on any atom is 0.255 e. The summed E-state index contributed by atoms with van der Waals surface area (Å²) in [6, 6.07) is 13.6. The van der Waals surface area contributed by atoms with Gasteiger partial charge in [-0.3, -0.25) is 9.20 Å². The Morgan fingerprint density at radius 1 is 1.00 bits per heavy atom. The Morgan fingerprint density at radius 2 is 1.75 bits per heavy atom. The van der Waals surface area contributed by atoms with E-state index in [2.05, 4.69) is 10.3 Å². The first-order valence-electron chi connectivity index (χ1n) is 10.5. The molecule has 3 heterocycles. The van der Waals surface area contributed by atoms with Gasteiger partial charge in [-0.1, -0.05) is 24.6 Å². The van der Waals surface area contributed by atoms with E-state index < -0.39 is 10.0 Å². The molecule has 1 aliphatic rings. The minimum atomic E-state index is -3.52. The number of hydrogen-bond donors (Lipinski definition) is 1. The van der Waals surface area contributed by atoms with Crippen LogP contribution in [0.4, 0.5) is 5.69 Å². The number of anilines is 1. The molecule has 4 aromatic rings. The Morgan fingerprint density at radius 3 is 2.50 bits per heavy atom. The molecule has 0 bridgehead atoms. The molecule has 1 amide bonds. The molecule has 7 nitrogen and oxygen atoms in total. The fraction of sp³-hybridized carbons (Fsp3) is 0.217. The third kappa shape index (κ3) is 3.94. The Hall–Kier alpha value is -3.01. The second-order valence-electron chi connectivity index (χ2n) is 7.71. The molecule has 0 saturated carbocycles. The SMILES string of the molecule is O=C(Nc1ccccc1-c1cn2ccsc2n1)c1ccc(S(=O)(=O)N2CCCCC2)cc1. The lowest BCUT2D eigenvalue weighted by atomic mass is 10.1. The highest BCUT2D eigenvalue weighted by Gasteiger charge is 2.26. The van der Waals surface area contributed by atoms with Gasteiger partial charge in [0.15, 0.2) is 4.96 Å². The summed E-state index contributed by atoms with van der Waals surface area (Å²) < 4.78 is 29.1. The van der Waals surface area contributed by atoms with Gasteiger partial charge in [0.2, 0.25) is 10.0 Å². The van der Waals surface area contributed by atoms with E-state index in [-0.39, 0.29) is 10.8 Å². The van der Waals surface area contributed by atoms with Crippen molar-refractivity contribution in [3.63, 3.8) is 0 Å². The molecule has 5 rings (SSSR count). The Kier molecular flexibility index (Phi) is 5.54. The summed E-state index contributed by atoms with van der Waals surface area (Å²) in [6.45, 7) is 1.10. The molecular weight excluding hydrogens is 444 g/mol. The second-order valence-corrected chi connectivity index (χ2v) is 10.5. The van der Waals surface area contributed by atoms with Gasteiger partial charge in [0.1, 0.15) is 0 Å². The van der Waals surface area contributed by atoms with Crippen molar-refractivity contribution in [2.45, 2.75) is 24.2 Å². The van der Waals surface area contributed by atoms with Gasteiger partial charge in [0, 0.05) is 42.0 Å². The Balaban J connectivity index is 1.36. The first-order valence-corrected chi connectivity index (χ1v) is 12.8. The van der Waals surface area contributed by atoms with Crippen LogP contribution in [-0.2, 0) is 10.0 Å². The lowest BCUT2D eigenvalue weighted by molar-refractivity contribution is 0.102. The number of imidazole rings is 1. The molecule has 0 atom stereocenters. The summed E-state index contributed by atoms with van der Waals surface area (Å²) >= 11 is 1.54. The predicted octanol–water partition coefficient (Wildman–Crippen LogP) is 4.49. The maximum atomic E-state index is 12.9. The summed E-state index contributed by atoms with van der Waals surface area (Å²) in [7, 11) is -3.52. The number of benzene rings is 2. The monoisotopic (exact) mass is 466 g/mol. The first kappa shape index (κ1) is 20.9. The second kappa shape index (κ2) is 8.50. The highest BCUT2D eigenvalue weighted by Crippen LogP contribution is 2.29. The summed E-state index contributed by atoms with van der Waals surface area (Å²) in [5.41, 5.74) is 2.63. The molecule has 0 unspecified atom stereocenters. The van der Waals surface area contributed by atoms with Crippen LogP contribution in [0.25, 0.3) is 16.2 Å². The zero-order valence-corrected chi connectivity index (χ0v) is 18.9. The summed E-state index contributed by atoms with van der Waals surface area (Å²) in [5, 5.41) is 4.91. The van der Waals surface area contributed by atoms with Gasteiger partial charge >= 0.3 is 0 Å². The third-order valence-electron chi connectivity index (χ3n) is 5.61. The van der Waals surface area contributed by atoms with Gasteiger partial charge < -0.3 is 5.32 Å². The number of carbonyl (C=O) groups is 1. The third-order valence-corrected chi connectivity index (χ3v) is 8.30. The fourth-order valence-electron chi connectivity index (χ4n) is 3.90. The van der Waals surface area contributed by atoms with Gasteiger partial charge in [-0.25, -0.2) is 13.4 Å². The summed E-state index contributed by atoms with van der Waals surface area (Å²) in [6.07, 6.45) is 6.69. The summed E-state index contributed by atoms with van der Waals surface area (Å²) in [5.74, 6) is -0.305. The molecule has 2 aromatic carbocycles. The smallest absolute Gasteiger partial charge is 0.255 e. The van der Waals surface area contributed by atoms with Crippen LogP contribution >= 0.6 is 11.3 Å². The van der Waals surface area contributed by atoms with Crippen molar-refractivity contribution in [3.8, 4) is 11.3 Å². The maximum absolute atomic E-state index is 12.9. The van der Waals surface area contributed by atoms with E-state index in [1.54, 1.807) is 23.5 Å². The molecule has 32 heavy (non-hydrogen) atoms. The van der Waals surface area contributed by atoms with Crippen molar-refractivity contribution in [3.05, 3.63) is 71.9 Å². The largest absolute Gasteiger partial charge is 0.321 e. The zero-order valence-electron chi connectivity index (χ0n) is 17.3. The molecule has 0 radical (unpaired) electrons. The molecule has 1 fully saturated rings. The van der Waals surface area contributed by atoms with Crippen LogP contribution in [0, 0.1) is 0 Å². The van der Waals surface area contributed by atoms with E-state index in [0.717, 1.165) is 35.5 Å². The average Bonchev–Trinajstić information content (AvgIpc) is 3.43. The number of piperidine rings is 1. The van der Waals surface area contributed by atoms with E-state index in [9.17, 15) is 13.2 Å². The van der Waals surface area contributed by atoms with Crippen molar-refractivity contribution in [1.82, 2.24) is 13.7 Å². The molecule has 1 aliphatic heterocycles. The molecule has 2 aromatic heterocycles. The molecule has 1 N–H and O–H groups in total. The number of fused-ring (bicyclic) bond motifs is 1. The standard InChI is InChI=1S/C23H22N4O3S2/c28-22(17-8-10-18(11-9-17)32(29,30)27-12-4-1-5-13-27)24-20-7-3-2-6-19(20)21-16-26-14-15-31-23(26)25-21/h2-3,6-11,14-16H,1,4-5,12-13H2,(H,24,28). The summed E-state index contributed by atoms with van der Waals surface area (Å²) in [4.78, 5) is 18.6. The molecule has 0 aliphatic carbocycles. The number of para-hydroxylation sites is 1. The number of aromatic nitrogens is 2. The minimum absolute atomic E-state index is 0.217. The number of nitrogens with one attached hydrogen (secondary N) is 1. The van der Waals surface area contributed by atoms with Crippen molar-refractivity contribution in [2.75, 3.05) is 18.4 Å². The number of sulfonamides is 1. The number of thiazole rings is 1. The van der Waals surface area contributed by atoms with Crippen LogP contribution in [0.3, 0.4) is 0 Å². The first-order chi connectivity index (χ1) is 15.5. The van der Waals surface area contributed by atoms with Crippen molar-refractivity contribution < 1.29 is 13.2 Å². The number of amides is 1. The highest BCUT2D eigenvalue weighted by molar-refractivity contribution is 7.89. The molecular formula is C23H22N4O3S2. The molecule has 1 saturated heterocycles. The van der Waals surface area contributed by atoms with E-state index in [1.807, 2.05) is 46.4 Å². The van der Waals surface area contributed by atoms with E-state index >= 15 is 0 Å². The topological polar surface area (TPSA) is 83.8 Å². The lowest BCUT2D eigenvalue weighted by Crippen LogP contribution is -2.35. The average molecular weight is 467 g/mol. The van der Waals surface area contributed by atoms with Crippen LogP contribution in [0.15, 0.2) is 71.2 Å². The molecule has 9 heteroatoms. The van der Waals surface area contributed by atoms with Gasteiger partial charge in [-0.05, 0) is 43.2 Å². The van der Waals surface area contributed by atoms with Gasteiger partial charge in [0.25, 0.3) is 5.91 Å². The number of rotatable bonds is 5. The van der Waals surface area contributed by atoms with Crippen LogP contribution in [-0.4, -0.2) is 41.1 Å². The normalized spacial score (nSPS) is 15.1. The van der Waals surface area contributed by atoms with E-state index in [4.69, 9.17) is 0 Å². The Labute approximate surface area is 190 Å². The fourth-order valence-corrected chi connectivity index (χ4v) is 6.12. The highest BCUT2D eigenvalue weighted by atomic mass is 32.2. The molecule has 0 spiro atoms. The van der Waals surface area contributed by atoms with Gasteiger partial charge in [0.05, 0.1) is 16.3 Å². The van der Waals surface area contributed by atoms with Crippen LogP contribution < -0.4 is 5.32 Å². The van der Waals surface area contributed by atoms with Gasteiger partial charge in [-0.2, -0.15) is 4.31 Å². The van der Waals surface area contributed by atoms with Gasteiger partial charge in [-0.15, -0.1) is 11.3 Å². The zero-order chi connectivity index (χ0) is 22.1. The number of hydrogen-bond acceptors (Lipinski definition) is 5. The molecule has 164 valence electrons. The number of nitrogens with zero attached hydrogens (tertiary/aromatic N) is 3. The van der Waals surface area contributed by atoms with Crippen LogP contribution in [0.1, 0.15) is 29.6 Å². The Bertz CT molecular complexity index is 1340. The lowest BCUT2D eigenvalue weighted by Gasteiger charge is -2.25. The van der Waals surface area contributed by atoms with Crippen molar-refractivity contribution in [2.24, 2.45) is 0 Å². The van der Waals surface area contributed by atoms with Crippen molar-refractivity contribution >= 4 is 37.9 Å². The minimum Gasteiger partial charge on any atom is -0.321 e. The predicted molar refractivity (Wildman–Crippen MR) is 126 cm³/mol. The van der Waals surface area contributed by atoms with Crippen LogP contribution in [0.2, 0.25) is 0 Å². The van der Waals surface area contributed by atoms with Crippen molar-refractivity contribution in [1.29, 1.82) is 0 Å². The van der Waals surface area contributed by atoms with Crippen LogP contribution in [0.5, 0.6) is 0 Å².